The molecule has 5 nitrogen and oxygen atoms in total. The SMILES string of the molecule is COc1ccc(-c2nc(CN(Cc3cccs3)CC3CCCO3)cs2)c(OC)c1. The normalized spacial score (nSPS) is 16.4. The Balaban J connectivity index is 1.50. The summed E-state index contributed by atoms with van der Waals surface area (Å²) in [6.45, 7) is 3.56. The number of thiazole rings is 1. The van der Waals surface area contributed by atoms with E-state index in [1.54, 1.807) is 36.9 Å². The van der Waals surface area contributed by atoms with E-state index in [0.29, 0.717) is 6.10 Å². The van der Waals surface area contributed by atoms with E-state index >= 15 is 0 Å². The van der Waals surface area contributed by atoms with Gasteiger partial charge in [0, 0.05) is 42.6 Å². The highest BCUT2D eigenvalue weighted by atomic mass is 32.1. The van der Waals surface area contributed by atoms with Crippen LogP contribution in [0.4, 0.5) is 0 Å². The Bertz CT molecular complexity index is 905. The van der Waals surface area contributed by atoms with Crippen molar-refractivity contribution in [2.75, 3.05) is 27.4 Å². The van der Waals surface area contributed by atoms with Crippen molar-refractivity contribution >= 4 is 22.7 Å². The minimum atomic E-state index is 0.328. The zero-order chi connectivity index (χ0) is 20.1. The molecule has 0 saturated carbocycles. The fourth-order valence-electron chi connectivity index (χ4n) is 3.59. The Hall–Kier alpha value is -1.93. The average Bonchev–Trinajstić information content (AvgIpc) is 3.51. The Morgan fingerprint density at radius 2 is 2.10 bits per heavy atom. The van der Waals surface area contributed by atoms with E-state index in [9.17, 15) is 0 Å². The van der Waals surface area contributed by atoms with Crippen molar-refractivity contribution in [3.05, 3.63) is 51.7 Å². The molecule has 0 amide bonds. The highest BCUT2D eigenvalue weighted by Gasteiger charge is 2.21. The predicted octanol–water partition coefficient (Wildman–Crippen LogP) is 5.07. The van der Waals surface area contributed by atoms with E-state index in [-0.39, 0.29) is 0 Å². The molecule has 29 heavy (non-hydrogen) atoms. The molecule has 1 fully saturated rings. The van der Waals surface area contributed by atoms with Gasteiger partial charge < -0.3 is 14.2 Å². The van der Waals surface area contributed by atoms with Crippen LogP contribution >= 0.6 is 22.7 Å². The van der Waals surface area contributed by atoms with E-state index in [4.69, 9.17) is 19.2 Å². The first-order valence-corrected chi connectivity index (χ1v) is 11.5. The van der Waals surface area contributed by atoms with Crippen LogP contribution in [0.25, 0.3) is 10.6 Å². The van der Waals surface area contributed by atoms with Gasteiger partial charge in [-0.15, -0.1) is 22.7 Å². The predicted molar refractivity (Wildman–Crippen MR) is 118 cm³/mol. The fraction of sp³-hybridized carbons (Fsp3) is 0.409. The zero-order valence-corrected chi connectivity index (χ0v) is 18.4. The quantitative estimate of drug-likeness (QED) is 0.474. The number of thiophene rings is 1. The Morgan fingerprint density at radius 3 is 2.83 bits per heavy atom. The van der Waals surface area contributed by atoms with Gasteiger partial charge in [-0.05, 0) is 36.4 Å². The molecule has 1 atom stereocenters. The summed E-state index contributed by atoms with van der Waals surface area (Å²) in [4.78, 5) is 8.73. The average molecular weight is 431 g/mol. The van der Waals surface area contributed by atoms with Gasteiger partial charge in [0.05, 0.1) is 31.6 Å². The summed E-state index contributed by atoms with van der Waals surface area (Å²) in [6.07, 6.45) is 2.64. The van der Waals surface area contributed by atoms with Gasteiger partial charge in [-0.25, -0.2) is 4.98 Å². The fourth-order valence-corrected chi connectivity index (χ4v) is 5.18. The van der Waals surface area contributed by atoms with Crippen molar-refractivity contribution in [1.82, 2.24) is 9.88 Å². The molecule has 0 spiro atoms. The van der Waals surface area contributed by atoms with Crippen LogP contribution in [0, 0.1) is 0 Å². The maximum absolute atomic E-state index is 5.88. The molecule has 0 bridgehead atoms. The number of ether oxygens (including phenoxy) is 3. The highest BCUT2D eigenvalue weighted by molar-refractivity contribution is 7.13. The molecule has 7 heteroatoms. The number of hydrogen-bond donors (Lipinski definition) is 0. The van der Waals surface area contributed by atoms with Crippen LogP contribution in [0.5, 0.6) is 11.5 Å². The molecular formula is C22H26N2O3S2. The van der Waals surface area contributed by atoms with E-state index in [1.165, 1.54) is 4.88 Å². The first kappa shape index (κ1) is 20.3. The molecule has 0 radical (unpaired) electrons. The van der Waals surface area contributed by atoms with Crippen LogP contribution < -0.4 is 9.47 Å². The Kier molecular flexibility index (Phi) is 6.82. The van der Waals surface area contributed by atoms with Gasteiger partial charge in [0.2, 0.25) is 0 Å². The lowest BCUT2D eigenvalue weighted by molar-refractivity contribution is 0.0679. The molecule has 1 aromatic carbocycles. The number of nitrogens with zero attached hydrogens (tertiary/aromatic N) is 2. The molecule has 1 aliphatic rings. The third kappa shape index (κ3) is 5.17. The zero-order valence-electron chi connectivity index (χ0n) is 16.8. The lowest BCUT2D eigenvalue weighted by Gasteiger charge is -2.24. The second-order valence-electron chi connectivity index (χ2n) is 7.09. The Morgan fingerprint density at radius 1 is 1.17 bits per heavy atom. The lowest BCUT2D eigenvalue weighted by Crippen LogP contribution is -2.31. The van der Waals surface area contributed by atoms with Crippen LogP contribution in [0.15, 0.2) is 41.1 Å². The largest absolute Gasteiger partial charge is 0.497 e. The van der Waals surface area contributed by atoms with Gasteiger partial charge in [-0.1, -0.05) is 6.07 Å². The summed E-state index contributed by atoms with van der Waals surface area (Å²) < 4.78 is 16.7. The number of benzene rings is 1. The van der Waals surface area contributed by atoms with Crippen LogP contribution in [0.2, 0.25) is 0 Å². The highest BCUT2D eigenvalue weighted by Crippen LogP contribution is 2.35. The van der Waals surface area contributed by atoms with Crippen molar-refractivity contribution < 1.29 is 14.2 Å². The molecule has 3 heterocycles. The van der Waals surface area contributed by atoms with Gasteiger partial charge in [0.25, 0.3) is 0 Å². The maximum Gasteiger partial charge on any atom is 0.132 e. The molecule has 0 N–H and O–H groups in total. The van der Waals surface area contributed by atoms with Gasteiger partial charge in [0.1, 0.15) is 16.5 Å². The smallest absolute Gasteiger partial charge is 0.132 e. The van der Waals surface area contributed by atoms with Crippen LogP contribution in [0.1, 0.15) is 23.4 Å². The second kappa shape index (κ2) is 9.71. The minimum Gasteiger partial charge on any atom is -0.497 e. The second-order valence-corrected chi connectivity index (χ2v) is 8.98. The molecule has 154 valence electrons. The van der Waals surface area contributed by atoms with E-state index < -0.39 is 0 Å². The van der Waals surface area contributed by atoms with E-state index in [1.807, 2.05) is 18.2 Å². The summed E-state index contributed by atoms with van der Waals surface area (Å²) in [6, 6.07) is 10.2. The molecule has 1 aliphatic heterocycles. The van der Waals surface area contributed by atoms with Crippen molar-refractivity contribution in [2.24, 2.45) is 0 Å². The van der Waals surface area contributed by atoms with Crippen LogP contribution in [-0.4, -0.2) is 43.4 Å². The lowest BCUT2D eigenvalue weighted by atomic mass is 10.2. The summed E-state index contributed by atoms with van der Waals surface area (Å²) >= 11 is 3.45. The van der Waals surface area contributed by atoms with Crippen LogP contribution in [0.3, 0.4) is 0 Å². The van der Waals surface area contributed by atoms with E-state index in [0.717, 1.165) is 66.8 Å². The molecular weight excluding hydrogens is 404 g/mol. The molecule has 4 rings (SSSR count). The molecule has 1 saturated heterocycles. The first-order valence-electron chi connectivity index (χ1n) is 9.78. The molecule has 2 aromatic heterocycles. The topological polar surface area (TPSA) is 43.8 Å². The van der Waals surface area contributed by atoms with Crippen LogP contribution in [-0.2, 0) is 17.8 Å². The number of hydrogen-bond acceptors (Lipinski definition) is 7. The van der Waals surface area contributed by atoms with Gasteiger partial charge in [0.15, 0.2) is 0 Å². The third-order valence-electron chi connectivity index (χ3n) is 5.02. The standard InChI is InChI=1S/C22H26N2O3S2/c1-25-17-7-8-20(21(11-17)26-2)22-23-16(15-29-22)12-24(13-18-5-3-9-27-18)14-19-6-4-10-28-19/h4,6-8,10-11,15,18H,3,5,9,12-14H2,1-2H3. The Labute approximate surface area is 179 Å². The van der Waals surface area contributed by atoms with E-state index in [2.05, 4.69) is 27.8 Å². The molecule has 0 aliphatic carbocycles. The van der Waals surface area contributed by atoms with Crippen molar-refractivity contribution in [1.29, 1.82) is 0 Å². The summed E-state index contributed by atoms with van der Waals surface area (Å²) in [5, 5.41) is 5.25. The number of rotatable bonds is 9. The molecule has 3 aromatic rings. The van der Waals surface area contributed by atoms with Gasteiger partial charge in [-0.2, -0.15) is 0 Å². The minimum absolute atomic E-state index is 0.328. The number of aromatic nitrogens is 1. The van der Waals surface area contributed by atoms with Gasteiger partial charge in [-0.3, -0.25) is 4.90 Å². The van der Waals surface area contributed by atoms with Gasteiger partial charge >= 0.3 is 0 Å². The number of methoxy groups -OCH3 is 2. The van der Waals surface area contributed by atoms with Crippen molar-refractivity contribution in [3.63, 3.8) is 0 Å². The van der Waals surface area contributed by atoms with Crippen molar-refractivity contribution in [3.8, 4) is 22.1 Å². The third-order valence-corrected chi connectivity index (χ3v) is 6.81. The monoisotopic (exact) mass is 430 g/mol. The summed E-state index contributed by atoms with van der Waals surface area (Å²) in [5.41, 5.74) is 2.07. The molecule has 1 unspecified atom stereocenters. The first-order chi connectivity index (χ1) is 14.2. The summed E-state index contributed by atoms with van der Waals surface area (Å²) in [5.74, 6) is 1.56. The maximum atomic E-state index is 5.88. The summed E-state index contributed by atoms with van der Waals surface area (Å²) in [7, 11) is 3.34. The van der Waals surface area contributed by atoms with Crippen molar-refractivity contribution in [2.45, 2.75) is 32.0 Å².